The van der Waals surface area contributed by atoms with Gasteiger partial charge >= 0.3 is 0 Å². The van der Waals surface area contributed by atoms with E-state index in [1.54, 1.807) is 16.2 Å². The van der Waals surface area contributed by atoms with E-state index in [0.717, 1.165) is 34.1 Å². The van der Waals surface area contributed by atoms with Crippen LogP contribution in [0, 0.1) is 0 Å². The number of hydrogen-bond acceptors (Lipinski definition) is 5. The Morgan fingerprint density at radius 3 is 2.48 bits per heavy atom. The van der Waals surface area contributed by atoms with Crippen LogP contribution < -0.4 is 9.64 Å². The molecule has 2 aromatic carbocycles. The molecule has 0 fully saturated rings. The molecule has 0 aliphatic heterocycles. The van der Waals surface area contributed by atoms with Gasteiger partial charge in [0.15, 0.2) is 5.13 Å². The molecule has 5 nitrogen and oxygen atoms in total. The minimum absolute atomic E-state index is 0.0316. The van der Waals surface area contributed by atoms with Crippen molar-refractivity contribution in [2.75, 3.05) is 38.7 Å². The third-order valence-electron chi connectivity index (χ3n) is 4.16. The molecule has 6 heteroatoms. The van der Waals surface area contributed by atoms with Gasteiger partial charge in [-0.2, -0.15) is 0 Å². The number of thiazole rings is 1. The van der Waals surface area contributed by atoms with Gasteiger partial charge in [-0.25, -0.2) is 4.98 Å². The number of benzene rings is 2. The van der Waals surface area contributed by atoms with E-state index in [1.165, 1.54) is 0 Å². The summed E-state index contributed by atoms with van der Waals surface area (Å²) in [5.41, 5.74) is 1.57. The first kappa shape index (κ1) is 19.3. The third-order valence-corrected chi connectivity index (χ3v) is 5.22. The highest BCUT2D eigenvalue weighted by molar-refractivity contribution is 7.22. The van der Waals surface area contributed by atoms with Crippen molar-refractivity contribution in [1.29, 1.82) is 0 Å². The van der Waals surface area contributed by atoms with Gasteiger partial charge in [0.2, 0.25) is 0 Å². The van der Waals surface area contributed by atoms with E-state index >= 15 is 0 Å². The number of ether oxygens (including phenoxy) is 1. The molecule has 0 spiro atoms. The van der Waals surface area contributed by atoms with Gasteiger partial charge in [0, 0.05) is 12.1 Å². The summed E-state index contributed by atoms with van der Waals surface area (Å²) < 4.78 is 6.56. The predicted molar refractivity (Wildman–Crippen MR) is 112 cm³/mol. The maximum atomic E-state index is 13.2. The lowest BCUT2D eigenvalue weighted by molar-refractivity contribution is 0.0986. The summed E-state index contributed by atoms with van der Waals surface area (Å²) in [5, 5.41) is 0.744. The molecule has 0 saturated heterocycles. The zero-order valence-corrected chi connectivity index (χ0v) is 16.8. The van der Waals surface area contributed by atoms with Crippen molar-refractivity contribution in [2.24, 2.45) is 0 Å². The van der Waals surface area contributed by atoms with E-state index in [2.05, 4.69) is 9.88 Å². The van der Waals surface area contributed by atoms with Gasteiger partial charge in [-0.15, -0.1) is 0 Å². The highest BCUT2D eigenvalue weighted by Crippen LogP contribution is 2.30. The number of carbonyl (C=O) groups excluding carboxylic acids is 1. The van der Waals surface area contributed by atoms with Crippen LogP contribution in [0.2, 0.25) is 0 Å². The lowest BCUT2D eigenvalue weighted by Crippen LogP contribution is -2.33. The molecule has 0 atom stereocenters. The number of aromatic nitrogens is 1. The van der Waals surface area contributed by atoms with Crippen LogP contribution in [0.4, 0.5) is 5.13 Å². The van der Waals surface area contributed by atoms with E-state index in [9.17, 15) is 4.79 Å². The van der Waals surface area contributed by atoms with Gasteiger partial charge in [0.05, 0.1) is 16.8 Å². The molecule has 0 aliphatic rings. The first-order valence-corrected chi connectivity index (χ1v) is 9.95. The SMILES string of the molecule is CCOc1ccc(C(=O)N(CCCN(C)C)c2nc3ccccc3s2)cc1. The van der Waals surface area contributed by atoms with Crippen LogP contribution in [0.5, 0.6) is 5.75 Å². The highest BCUT2D eigenvalue weighted by atomic mass is 32.1. The molecule has 3 rings (SSSR count). The first-order chi connectivity index (χ1) is 13.1. The number of para-hydroxylation sites is 1. The molecule has 27 heavy (non-hydrogen) atoms. The zero-order valence-electron chi connectivity index (χ0n) is 16.0. The molecular weight excluding hydrogens is 358 g/mol. The average molecular weight is 384 g/mol. The maximum Gasteiger partial charge on any atom is 0.260 e. The molecule has 142 valence electrons. The molecule has 0 saturated carbocycles. The van der Waals surface area contributed by atoms with Crippen molar-refractivity contribution in [3.63, 3.8) is 0 Å². The largest absolute Gasteiger partial charge is 0.494 e. The van der Waals surface area contributed by atoms with Crippen molar-refractivity contribution >= 4 is 32.6 Å². The minimum atomic E-state index is -0.0316. The topological polar surface area (TPSA) is 45.7 Å². The van der Waals surface area contributed by atoms with Gasteiger partial charge in [0.1, 0.15) is 5.75 Å². The average Bonchev–Trinajstić information content (AvgIpc) is 3.09. The Morgan fingerprint density at radius 1 is 1.07 bits per heavy atom. The van der Waals surface area contributed by atoms with E-state index < -0.39 is 0 Å². The fourth-order valence-electron chi connectivity index (χ4n) is 2.82. The number of anilines is 1. The van der Waals surface area contributed by atoms with Crippen molar-refractivity contribution in [3.05, 3.63) is 54.1 Å². The summed E-state index contributed by atoms with van der Waals surface area (Å²) in [5.74, 6) is 0.740. The normalized spacial score (nSPS) is 11.1. The number of carbonyl (C=O) groups is 1. The molecule has 1 aromatic heterocycles. The van der Waals surface area contributed by atoms with Gasteiger partial charge in [-0.1, -0.05) is 23.5 Å². The van der Waals surface area contributed by atoms with E-state index in [-0.39, 0.29) is 5.91 Å². The van der Waals surface area contributed by atoms with Crippen molar-refractivity contribution in [3.8, 4) is 5.75 Å². The van der Waals surface area contributed by atoms with Crippen molar-refractivity contribution in [1.82, 2.24) is 9.88 Å². The summed E-state index contributed by atoms with van der Waals surface area (Å²) in [6.45, 7) is 4.09. The second-order valence-electron chi connectivity index (χ2n) is 6.54. The Hall–Kier alpha value is -2.44. The highest BCUT2D eigenvalue weighted by Gasteiger charge is 2.21. The summed E-state index contributed by atoms with van der Waals surface area (Å²) in [7, 11) is 4.08. The molecular formula is C21H25N3O2S. The zero-order chi connectivity index (χ0) is 19.2. The molecule has 0 aliphatic carbocycles. The Balaban J connectivity index is 1.87. The standard InChI is InChI=1S/C21H25N3O2S/c1-4-26-17-12-10-16(11-13-17)20(25)24(15-7-14-23(2)3)21-22-18-8-5-6-9-19(18)27-21/h5-6,8-13H,4,7,14-15H2,1-3H3. The quantitative estimate of drug-likeness (QED) is 0.582. The smallest absolute Gasteiger partial charge is 0.260 e. The Kier molecular flexibility index (Phi) is 6.42. The van der Waals surface area contributed by atoms with Crippen LogP contribution >= 0.6 is 11.3 Å². The maximum absolute atomic E-state index is 13.2. The number of amides is 1. The number of nitrogens with zero attached hydrogens (tertiary/aromatic N) is 3. The Labute approximate surface area is 164 Å². The van der Waals surface area contributed by atoms with E-state index in [1.807, 2.05) is 69.6 Å². The Bertz CT molecular complexity index is 857. The van der Waals surface area contributed by atoms with E-state index in [4.69, 9.17) is 4.74 Å². The number of hydrogen-bond donors (Lipinski definition) is 0. The van der Waals surface area contributed by atoms with E-state index in [0.29, 0.717) is 18.7 Å². The van der Waals surface area contributed by atoms with Crippen LogP contribution in [0.25, 0.3) is 10.2 Å². The first-order valence-electron chi connectivity index (χ1n) is 9.13. The summed E-state index contributed by atoms with van der Waals surface area (Å²) >= 11 is 1.55. The van der Waals surface area contributed by atoms with Gasteiger partial charge in [-0.05, 0) is 70.4 Å². The predicted octanol–water partition coefficient (Wildman–Crippen LogP) is 4.29. The molecule has 3 aromatic rings. The van der Waals surface area contributed by atoms with Crippen LogP contribution in [-0.4, -0.2) is 49.6 Å². The van der Waals surface area contributed by atoms with Gasteiger partial charge in [-0.3, -0.25) is 9.69 Å². The third kappa shape index (κ3) is 4.84. The van der Waals surface area contributed by atoms with Crippen LogP contribution in [0.3, 0.4) is 0 Å². The molecule has 1 amide bonds. The lowest BCUT2D eigenvalue weighted by Gasteiger charge is -2.21. The molecule has 0 unspecified atom stereocenters. The molecule has 1 heterocycles. The van der Waals surface area contributed by atoms with Crippen molar-refractivity contribution in [2.45, 2.75) is 13.3 Å². The van der Waals surface area contributed by atoms with Gasteiger partial charge < -0.3 is 9.64 Å². The number of fused-ring (bicyclic) bond motifs is 1. The molecule has 0 N–H and O–H groups in total. The second kappa shape index (κ2) is 8.97. The molecule has 0 radical (unpaired) electrons. The van der Waals surface area contributed by atoms with Crippen LogP contribution in [0.15, 0.2) is 48.5 Å². The second-order valence-corrected chi connectivity index (χ2v) is 7.54. The van der Waals surface area contributed by atoms with Crippen LogP contribution in [-0.2, 0) is 0 Å². The fraction of sp³-hybridized carbons (Fsp3) is 0.333. The van der Waals surface area contributed by atoms with Crippen LogP contribution in [0.1, 0.15) is 23.7 Å². The van der Waals surface area contributed by atoms with Gasteiger partial charge in [0.25, 0.3) is 5.91 Å². The summed E-state index contributed by atoms with van der Waals surface area (Å²) in [4.78, 5) is 21.8. The fourth-order valence-corrected chi connectivity index (χ4v) is 3.81. The number of rotatable bonds is 8. The summed E-state index contributed by atoms with van der Waals surface area (Å²) in [6, 6.07) is 15.3. The lowest BCUT2D eigenvalue weighted by atomic mass is 10.2. The Morgan fingerprint density at radius 2 is 1.81 bits per heavy atom. The van der Waals surface area contributed by atoms with Crippen molar-refractivity contribution < 1.29 is 9.53 Å². The monoisotopic (exact) mass is 383 g/mol. The molecule has 0 bridgehead atoms. The summed E-state index contributed by atoms with van der Waals surface area (Å²) in [6.07, 6.45) is 0.881. The minimum Gasteiger partial charge on any atom is -0.494 e.